The molecule has 2 aliphatic rings. The third kappa shape index (κ3) is 4.26. The van der Waals surface area contributed by atoms with Crippen LogP contribution in [0.3, 0.4) is 0 Å². The second-order valence-electron chi connectivity index (χ2n) is 6.80. The van der Waals surface area contributed by atoms with Gasteiger partial charge in [-0.3, -0.25) is 4.90 Å². The molecule has 2 rings (SSSR count). The molecule has 1 N–H and O–H groups in total. The van der Waals surface area contributed by atoms with E-state index in [4.69, 9.17) is 4.74 Å². The molecule has 4 nitrogen and oxygen atoms in total. The van der Waals surface area contributed by atoms with Crippen LogP contribution in [-0.2, 0) is 4.74 Å². The minimum atomic E-state index is 0.0141. The van der Waals surface area contributed by atoms with Gasteiger partial charge in [-0.2, -0.15) is 0 Å². The highest BCUT2D eigenvalue weighted by atomic mass is 16.5. The molecular formula is C15H29N3O. The van der Waals surface area contributed by atoms with Crippen LogP contribution in [0.4, 0.5) is 0 Å². The summed E-state index contributed by atoms with van der Waals surface area (Å²) in [5.41, 5.74) is 0.437. The predicted octanol–water partition coefficient (Wildman–Crippen LogP) is 1.56. The summed E-state index contributed by atoms with van der Waals surface area (Å²) in [4.78, 5) is 6.60. The summed E-state index contributed by atoms with van der Waals surface area (Å²) < 4.78 is 5.73. The summed E-state index contributed by atoms with van der Waals surface area (Å²) in [6.07, 6.45) is 3.97. The summed E-state index contributed by atoms with van der Waals surface area (Å²) in [5.74, 6) is 0. The van der Waals surface area contributed by atoms with E-state index in [0.29, 0.717) is 5.41 Å². The van der Waals surface area contributed by atoms with Crippen LogP contribution in [0, 0.1) is 5.41 Å². The van der Waals surface area contributed by atoms with Crippen LogP contribution in [0.5, 0.6) is 0 Å². The van der Waals surface area contributed by atoms with Gasteiger partial charge in [0.15, 0.2) is 0 Å². The van der Waals surface area contributed by atoms with Crippen LogP contribution >= 0.6 is 0 Å². The smallest absolute Gasteiger partial charge is 0.0753 e. The van der Waals surface area contributed by atoms with E-state index in [9.17, 15) is 0 Å². The molecule has 0 spiro atoms. The van der Waals surface area contributed by atoms with Crippen LogP contribution in [-0.4, -0.2) is 63.1 Å². The van der Waals surface area contributed by atoms with E-state index in [1.54, 1.807) is 0 Å². The lowest BCUT2D eigenvalue weighted by molar-refractivity contribution is -0.0855. The van der Waals surface area contributed by atoms with Gasteiger partial charge in [0.25, 0.3) is 0 Å². The van der Waals surface area contributed by atoms with E-state index in [1.165, 1.54) is 19.3 Å². The molecule has 1 saturated heterocycles. The Bertz CT molecular complexity index is 300. The van der Waals surface area contributed by atoms with Crippen molar-refractivity contribution in [2.45, 2.75) is 38.7 Å². The van der Waals surface area contributed by atoms with Crippen LogP contribution < -0.4 is 5.32 Å². The van der Waals surface area contributed by atoms with Gasteiger partial charge in [-0.1, -0.05) is 6.42 Å². The first-order valence-electron chi connectivity index (χ1n) is 7.55. The molecule has 0 aromatic heterocycles. The van der Waals surface area contributed by atoms with Gasteiger partial charge < -0.3 is 15.0 Å². The Hall–Kier alpha value is -0.450. The van der Waals surface area contributed by atoms with Crippen molar-refractivity contribution in [2.75, 3.05) is 45.9 Å². The lowest BCUT2D eigenvalue weighted by atomic mass is 9.69. The van der Waals surface area contributed by atoms with Crippen molar-refractivity contribution in [1.29, 1.82) is 0 Å². The number of nitrogens with zero attached hydrogens (tertiary/aromatic N) is 2. The lowest BCUT2D eigenvalue weighted by Crippen LogP contribution is -2.50. The third-order valence-electron chi connectivity index (χ3n) is 4.47. The molecule has 0 atom stereocenters. The summed E-state index contributed by atoms with van der Waals surface area (Å²) >= 11 is 0. The first-order chi connectivity index (χ1) is 9.05. The molecule has 0 aromatic carbocycles. The predicted molar refractivity (Wildman–Crippen MR) is 80.0 cm³/mol. The van der Waals surface area contributed by atoms with Crippen molar-refractivity contribution in [2.24, 2.45) is 10.4 Å². The van der Waals surface area contributed by atoms with Crippen molar-refractivity contribution >= 4 is 6.72 Å². The molecule has 19 heavy (non-hydrogen) atoms. The highest BCUT2D eigenvalue weighted by Gasteiger charge is 2.36. The molecule has 1 aliphatic carbocycles. The van der Waals surface area contributed by atoms with Gasteiger partial charge in [0.1, 0.15) is 0 Å². The number of hydrogen-bond acceptors (Lipinski definition) is 4. The molecule has 1 heterocycles. The molecule has 1 saturated carbocycles. The molecule has 4 heteroatoms. The highest BCUT2D eigenvalue weighted by molar-refractivity contribution is 5.23. The molecule has 0 aromatic rings. The molecule has 0 amide bonds. The Balaban J connectivity index is 1.62. The largest absolute Gasteiger partial charge is 0.373 e. The maximum atomic E-state index is 5.73. The zero-order valence-electron chi connectivity index (χ0n) is 12.6. The van der Waals surface area contributed by atoms with Crippen LogP contribution in [0.15, 0.2) is 4.99 Å². The quantitative estimate of drug-likeness (QED) is 0.562. The van der Waals surface area contributed by atoms with Gasteiger partial charge in [-0.15, -0.1) is 0 Å². The van der Waals surface area contributed by atoms with Crippen LogP contribution in [0.2, 0.25) is 0 Å². The average Bonchev–Trinajstić information content (AvgIpc) is 2.30. The fourth-order valence-electron chi connectivity index (χ4n) is 3.20. The van der Waals surface area contributed by atoms with Gasteiger partial charge in [-0.05, 0) is 33.4 Å². The van der Waals surface area contributed by atoms with E-state index in [0.717, 1.165) is 45.9 Å². The minimum absolute atomic E-state index is 0.0141. The maximum Gasteiger partial charge on any atom is 0.0753 e. The Morgan fingerprint density at radius 2 is 2.16 bits per heavy atom. The molecule has 0 bridgehead atoms. The van der Waals surface area contributed by atoms with Gasteiger partial charge in [0, 0.05) is 44.7 Å². The number of ether oxygens (including phenoxy) is 1. The van der Waals surface area contributed by atoms with Crippen molar-refractivity contribution in [3.63, 3.8) is 0 Å². The Kier molecular flexibility index (Phi) is 4.98. The highest BCUT2D eigenvalue weighted by Crippen LogP contribution is 2.40. The summed E-state index contributed by atoms with van der Waals surface area (Å²) in [5, 5.41) is 3.62. The Morgan fingerprint density at radius 1 is 1.37 bits per heavy atom. The normalized spacial score (nSPS) is 25.8. The Labute approximate surface area is 117 Å². The van der Waals surface area contributed by atoms with Gasteiger partial charge in [-0.25, -0.2) is 0 Å². The zero-order chi connectivity index (χ0) is 13.8. The zero-order valence-corrected chi connectivity index (χ0v) is 12.6. The van der Waals surface area contributed by atoms with E-state index >= 15 is 0 Å². The second-order valence-corrected chi connectivity index (χ2v) is 6.80. The number of morpholine rings is 1. The van der Waals surface area contributed by atoms with E-state index in [1.807, 2.05) is 0 Å². The van der Waals surface area contributed by atoms with Gasteiger partial charge in [0.2, 0.25) is 0 Å². The van der Waals surface area contributed by atoms with E-state index < -0.39 is 0 Å². The number of hydrogen-bond donors (Lipinski definition) is 1. The molecule has 2 fully saturated rings. The molecule has 110 valence electrons. The molecule has 1 aliphatic heterocycles. The standard InChI is InChI=1S/C15H29N3O/c1-14(2)13-18(9-10-19-14)8-7-17-12-15(11-16-3)5-4-6-15/h17H,3-13H2,1-2H3. The van der Waals surface area contributed by atoms with Crippen molar-refractivity contribution in [1.82, 2.24) is 10.2 Å². The number of rotatable bonds is 7. The minimum Gasteiger partial charge on any atom is -0.373 e. The third-order valence-corrected chi connectivity index (χ3v) is 4.47. The topological polar surface area (TPSA) is 36.9 Å². The molecule has 0 radical (unpaired) electrons. The fourth-order valence-corrected chi connectivity index (χ4v) is 3.20. The SMILES string of the molecule is C=NCC1(CNCCN2CCOC(C)(C)C2)CCC1. The molecular weight excluding hydrogens is 238 g/mol. The summed E-state index contributed by atoms with van der Waals surface area (Å²) in [6.45, 7) is 15.1. The monoisotopic (exact) mass is 267 g/mol. The first kappa shape index (κ1) is 14.9. The lowest BCUT2D eigenvalue weighted by Gasteiger charge is -2.41. The first-order valence-corrected chi connectivity index (χ1v) is 7.55. The van der Waals surface area contributed by atoms with Gasteiger partial charge in [0.05, 0.1) is 12.2 Å². The van der Waals surface area contributed by atoms with Crippen molar-refractivity contribution in [3.8, 4) is 0 Å². The van der Waals surface area contributed by atoms with Crippen molar-refractivity contribution < 1.29 is 4.74 Å². The van der Waals surface area contributed by atoms with Crippen molar-refractivity contribution in [3.05, 3.63) is 0 Å². The maximum absolute atomic E-state index is 5.73. The average molecular weight is 267 g/mol. The van der Waals surface area contributed by atoms with Crippen LogP contribution in [0.1, 0.15) is 33.1 Å². The fraction of sp³-hybridized carbons (Fsp3) is 0.933. The van der Waals surface area contributed by atoms with E-state index in [-0.39, 0.29) is 5.60 Å². The van der Waals surface area contributed by atoms with E-state index in [2.05, 4.69) is 35.8 Å². The summed E-state index contributed by atoms with van der Waals surface area (Å²) in [6, 6.07) is 0. The van der Waals surface area contributed by atoms with Crippen LogP contribution in [0.25, 0.3) is 0 Å². The number of nitrogens with one attached hydrogen (secondary N) is 1. The second kappa shape index (κ2) is 6.33. The van der Waals surface area contributed by atoms with Gasteiger partial charge >= 0.3 is 0 Å². The number of aliphatic imine (C=N–C) groups is 1. The summed E-state index contributed by atoms with van der Waals surface area (Å²) in [7, 11) is 0. The Morgan fingerprint density at radius 3 is 2.74 bits per heavy atom. The molecule has 0 unspecified atom stereocenters.